The van der Waals surface area contributed by atoms with Gasteiger partial charge < -0.3 is 15.2 Å². The highest BCUT2D eigenvalue weighted by atomic mass is 16.5. The third kappa shape index (κ3) is 3.98. The van der Waals surface area contributed by atoms with Gasteiger partial charge in [-0.1, -0.05) is 0 Å². The molecule has 7 nitrogen and oxygen atoms in total. The molecule has 7 heteroatoms. The first-order chi connectivity index (χ1) is 14.1. The fraction of sp³-hybridized carbons (Fsp3) is 0.696. The van der Waals surface area contributed by atoms with Crippen LogP contribution in [0.1, 0.15) is 76.6 Å². The smallest absolute Gasteiger partial charge is 0.312 e. The van der Waals surface area contributed by atoms with Crippen LogP contribution >= 0.6 is 0 Å². The fourth-order valence-electron chi connectivity index (χ4n) is 5.85. The Kier molecular flexibility index (Phi) is 5.19. The van der Waals surface area contributed by atoms with Gasteiger partial charge in [0.2, 0.25) is 5.88 Å². The summed E-state index contributed by atoms with van der Waals surface area (Å²) in [6.07, 6.45) is 11.7. The third-order valence-electron chi connectivity index (χ3n) is 6.94. The summed E-state index contributed by atoms with van der Waals surface area (Å²) in [6, 6.07) is 0. The Hall–Kier alpha value is -2.31. The van der Waals surface area contributed by atoms with Crippen molar-refractivity contribution < 1.29 is 19.4 Å². The first-order valence-electron chi connectivity index (χ1n) is 11.1. The number of hydrogen-bond acceptors (Lipinski definition) is 4. The lowest BCUT2D eigenvalue weighted by atomic mass is 9.53. The van der Waals surface area contributed by atoms with Gasteiger partial charge >= 0.3 is 5.97 Å². The van der Waals surface area contributed by atoms with Crippen LogP contribution in [0.5, 0.6) is 5.88 Å². The number of carboxylic acids is 1. The van der Waals surface area contributed by atoms with E-state index < -0.39 is 11.4 Å². The summed E-state index contributed by atoms with van der Waals surface area (Å²) < 4.78 is 7.38. The van der Waals surface area contributed by atoms with Crippen LogP contribution in [0.3, 0.4) is 0 Å². The zero-order valence-electron chi connectivity index (χ0n) is 18.4. The maximum Gasteiger partial charge on any atom is 0.312 e. The number of ether oxygens (including phenoxy) is 1. The number of aliphatic carboxylic acids is 1. The van der Waals surface area contributed by atoms with Crippen LogP contribution in [0.4, 0.5) is 0 Å². The molecular formula is C23H33N3O4. The van der Waals surface area contributed by atoms with Crippen molar-refractivity contribution in [2.75, 3.05) is 0 Å². The molecule has 164 valence electrons. The topological polar surface area (TPSA) is 93.5 Å². The van der Waals surface area contributed by atoms with E-state index in [-0.39, 0.29) is 17.6 Å². The Morgan fingerprint density at radius 2 is 1.80 bits per heavy atom. The number of amides is 1. The number of carbonyl (C=O) groups is 2. The maximum atomic E-state index is 13.3. The lowest BCUT2D eigenvalue weighted by molar-refractivity contribution is -0.144. The molecule has 1 aromatic heterocycles. The van der Waals surface area contributed by atoms with Crippen molar-refractivity contribution in [2.45, 2.75) is 77.9 Å². The van der Waals surface area contributed by atoms with Gasteiger partial charge in [-0.25, -0.2) is 4.68 Å². The molecule has 5 rings (SSSR count). The van der Waals surface area contributed by atoms with E-state index in [1.807, 2.05) is 13.8 Å². The van der Waals surface area contributed by atoms with E-state index in [0.29, 0.717) is 11.4 Å². The van der Waals surface area contributed by atoms with Crippen molar-refractivity contribution in [1.29, 1.82) is 0 Å². The van der Waals surface area contributed by atoms with Crippen LogP contribution in [0.2, 0.25) is 0 Å². The largest absolute Gasteiger partial charge is 0.481 e. The zero-order valence-corrected chi connectivity index (χ0v) is 18.4. The summed E-state index contributed by atoms with van der Waals surface area (Å²) in [5.74, 6) is 1.50. The lowest BCUT2D eigenvalue weighted by Gasteiger charge is -2.56. The predicted molar refractivity (Wildman–Crippen MR) is 113 cm³/mol. The van der Waals surface area contributed by atoms with Crippen LogP contribution in [0.15, 0.2) is 12.3 Å². The van der Waals surface area contributed by atoms with Gasteiger partial charge in [-0.3, -0.25) is 9.59 Å². The number of carboxylic acid groups (broad SMARTS) is 1. The van der Waals surface area contributed by atoms with Crippen LogP contribution in [-0.4, -0.2) is 38.4 Å². The van der Waals surface area contributed by atoms with Gasteiger partial charge in [0.1, 0.15) is 5.56 Å². The molecule has 1 aromatic rings. The third-order valence-corrected chi connectivity index (χ3v) is 6.94. The highest BCUT2D eigenvalue weighted by Crippen LogP contribution is 2.55. The molecule has 1 heterocycles. The molecule has 0 aromatic carbocycles. The van der Waals surface area contributed by atoms with Crippen molar-refractivity contribution in [3.63, 3.8) is 0 Å². The second-order valence-electron chi connectivity index (χ2n) is 10.5. The summed E-state index contributed by atoms with van der Waals surface area (Å²) in [5, 5.41) is 17.0. The summed E-state index contributed by atoms with van der Waals surface area (Å²) in [4.78, 5) is 24.7. The molecule has 0 saturated heterocycles. The molecule has 4 bridgehead atoms. The van der Waals surface area contributed by atoms with Crippen LogP contribution in [0.25, 0.3) is 6.20 Å². The van der Waals surface area contributed by atoms with Gasteiger partial charge in [0.15, 0.2) is 0 Å². The highest BCUT2D eigenvalue weighted by Gasteiger charge is 2.51. The molecule has 0 spiro atoms. The van der Waals surface area contributed by atoms with E-state index in [1.54, 1.807) is 26.1 Å². The summed E-state index contributed by atoms with van der Waals surface area (Å²) in [5.41, 5.74) is -0.746. The van der Waals surface area contributed by atoms with E-state index in [1.165, 1.54) is 30.1 Å². The molecule has 0 aliphatic heterocycles. The molecule has 0 radical (unpaired) electrons. The SMILES string of the molecule is CC(C)Oc1c(C(=O)NC23CC4CC(CC(C4)C2)C3)cnn1/C=C/C(C)(C)C(=O)O. The summed E-state index contributed by atoms with van der Waals surface area (Å²) in [6.45, 7) is 7.00. The number of rotatable bonds is 7. The van der Waals surface area contributed by atoms with Crippen LogP contribution in [-0.2, 0) is 4.79 Å². The van der Waals surface area contributed by atoms with E-state index in [4.69, 9.17) is 4.74 Å². The minimum absolute atomic E-state index is 0.0931. The first kappa shape index (κ1) is 20.9. The molecule has 0 unspecified atom stereocenters. The number of hydrogen-bond donors (Lipinski definition) is 2. The van der Waals surface area contributed by atoms with E-state index in [2.05, 4.69) is 10.4 Å². The molecule has 30 heavy (non-hydrogen) atoms. The van der Waals surface area contributed by atoms with Crippen molar-refractivity contribution in [1.82, 2.24) is 15.1 Å². The molecule has 0 atom stereocenters. The molecule has 2 N–H and O–H groups in total. The quantitative estimate of drug-likeness (QED) is 0.703. The standard InChI is InChI=1S/C23H33N3O4/c1-14(2)30-20-18(13-24-26(20)6-5-22(3,4)21(28)29)19(27)25-23-10-15-7-16(11-23)9-17(8-15)12-23/h5-6,13-17H,7-12H2,1-4H3,(H,25,27)(H,28,29)/b6-5+. The maximum absolute atomic E-state index is 13.3. The normalized spacial score (nSPS) is 30.2. The second kappa shape index (κ2) is 7.43. The molecule has 4 aliphatic rings. The molecule has 4 aliphatic carbocycles. The van der Waals surface area contributed by atoms with Gasteiger partial charge in [0.05, 0.1) is 17.7 Å². The van der Waals surface area contributed by atoms with Gasteiger partial charge in [-0.05, 0) is 90.0 Å². The van der Waals surface area contributed by atoms with Gasteiger partial charge in [0.25, 0.3) is 5.91 Å². The summed E-state index contributed by atoms with van der Waals surface area (Å²) in [7, 11) is 0. The number of nitrogens with one attached hydrogen (secondary N) is 1. The van der Waals surface area contributed by atoms with Gasteiger partial charge in [-0.15, -0.1) is 0 Å². The average molecular weight is 416 g/mol. The number of nitrogens with zero attached hydrogens (tertiary/aromatic N) is 2. The molecule has 1 amide bonds. The highest BCUT2D eigenvalue weighted by molar-refractivity contribution is 5.97. The Labute approximate surface area is 177 Å². The lowest BCUT2D eigenvalue weighted by Crippen LogP contribution is -2.59. The Bertz CT molecular complexity index is 833. The Morgan fingerprint density at radius 3 is 2.30 bits per heavy atom. The Morgan fingerprint density at radius 1 is 1.23 bits per heavy atom. The van der Waals surface area contributed by atoms with Gasteiger partial charge in [-0.2, -0.15) is 5.10 Å². The van der Waals surface area contributed by atoms with Crippen molar-refractivity contribution >= 4 is 18.1 Å². The minimum atomic E-state index is -1.05. The van der Waals surface area contributed by atoms with Crippen molar-refractivity contribution in [2.24, 2.45) is 23.2 Å². The van der Waals surface area contributed by atoms with Crippen LogP contribution < -0.4 is 10.1 Å². The number of aromatic nitrogens is 2. The number of carbonyl (C=O) groups excluding carboxylic acids is 1. The molecule has 4 saturated carbocycles. The summed E-state index contributed by atoms with van der Waals surface area (Å²) >= 11 is 0. The van der Waals surface area contributed by atoms with Gasteiger partial charge in [0, 0.05) is 11.7 Å². The average Bonchev–Trinajstić information content (AvgIpc) is 3.00. The molecule has 4 fully saturated rings. The van der Waals surface area contributed by atoms with Crippen LogP contribution in [0, 0.1) is 23.2 Å². The van der Waals surface area contributed by atoms with Crippen molar-refractivity contribution in [3.8, 4) is 5.88 Å². The zero-order chi connectivity index (χ0) is 21.7. The van der Waals surface area contributed by atoms with E-state index >= 15 is 0 Å². The first-order valence-corrected chi connectivity index (χ1v) is 11.1. The van der Waals surface area contributed by atoms with E-state index in [9.17, 15) is 14.7 Å². The fourth-order valence-corrected chi connectivity index (χ4v) is 5.85. The second-order valence-corrected chi connectivity index (χ2v) is 10.5. The van der Waals surface area contributed by atoms with E-state index in [0.717, 1.165) is 37.0 Å². The Balaban J connectivity index is 1.57. The van der Waals surface area contributed by atoms with Crippen molar-refractivity contribution in [3.05, 3.63) is 17.8 Å². The predicted octanol–water partition coefficient (Wildman–Crippen LogP) is 3.95. The minimum Gasteiger partial charge on any atom is -0.481 e. The molecular weight excluding hydrogens is 382 g/mol. The monoisotopic (exact) mass is 415 g/mol.